The molecule has 0 saturated heterocycles. The van der Waals surface area contributed by atoms with Gasteiger partial charge in [-0.2, -0.15) is 5.10 Å². The van der Waals surface area contributed by atoms with Gasteiger partial charge < -0.3 is 5.11 Å². The number of hydrogen-bond acceptors (Lipinski definition) is 4. The third-order valence-electron chi connectivity index (χ3n) is 2.32. The molecule has 0 atom stereocenters. The molecule has 1 heterocycles. The molecule has 2 N–H and O–H groups in total. The lowest BCUT2D eigenvalue weighted by molar-refractivity contribution is -0.134. The van der Waals surface area contributed by atoms with E-state index in [0.29, 0.717) is 15.9 Å². The van der Waals surface area contributed by atoms with E-state index in [1.165, 1.54) is 0 Å². The maximum atomic E-state index is 9.00. The molecular formula is C15H15Cl2N3O2. The number of hydrazone groups is 1. The van der Waals surface area contributed by atoms with Gasteiger partial charge >= 0.3 is 0 Å². The molecule has 0 radical (unpaired) electrons. The Morgan fingerprint density at radius 3 is 2.45 bits per heavy atom. The van der Waals surface area contributed by atoms with Gasteiger partial charge in [-0.15, -0.1) is 0 Å². The van der Waals surface area contributed by atoms with Crippen LogP contribution in [0.2, 0.25) is 10.0 Å². The Labute approximate surface area is 138 Å². The molecule has 22 heavy (non-hydrogen) atoms. The van der Waals surface area contributed by atoms with Crippen LogP contribution in [-0.4, -0.2) is 21.8 Å². The second-order valence-corrected chi connectivity index (χ2v) is 5.01. The predicted molar refractivity (Wildman–Crippen MR) is 89.8 cm³/mol. The highest BCUT2D eigenvalue weighted by molar-refractivity contribution is 6.37. The molecule has 0 aliphatic heterocycles. The van der Waals surface area contributed by atoms with Crippen LogP contribution in [-0.2, 0) is 4.79 Å². The van der Waals surface area contributed by atoms with Crippen molar-refractivity contribution >= 4 is 40.7 Å². The number of nitrogens with zero attached hydrogens (tertiary/aromatic N) is 2. The van der Waals surface area contributed by atoms with Gasteiger partial charge in [0.25, 0.3) is 5.97 Å². The number of rotatable bonds is 3. The fourth-order valence-electron chi connectivity index (χ4n) is 1.41. The summed E-state index contributed by atoms with van der Waals surface area (Å²) in [5.41, 5.74) is 4.47. The lowest BCUT2D eigenvalue weighted by Gasteiger charge is -2.05. The molecule has 0 aliphatic carbocycles. The largest absolute Gasteiger partial charge is 0.481 e. The van der Waals surface area contributed by atoms with Crippen LogP contribution in [0.25, 0.3) is 0 Å². The van der Waals surface area contributed by atoms with Crippen molar-refractivity contribution in [2.75, 3.05) is 5.43 Å². The third kappa shape index (κ3) is 6.56. The van der Waals surface area contributed by atoms with Crippen molar-refractivity contribution in [1.29, 1.82) is 0 Å². The van der Waals surface area contributed by atoms with Crippen LogP contribution in [0, 0.1) is 0 Å². The molecule has 0 bridgehead atoms. The van der Waals surface area contributed by atoms with Crippen LogP contribution in [0.3, 0.4) is 0 Å². The predicted octanol–water partition coefficient (Wildman–Crippen LogP) is 4.32. The molecule has 2 rings (SSSR count). The van der Waals surface area contributed by atoms with E-state index in [4.69, 9.17) is 33.1 Å². The number of hydrogen-bond donors (Lipinski definition) is 2. The smallest absolute Gasteiger partial charge is 0.300 e. The van der Waals surface area contributed by atoms with Crippen LogP contribution < -0.4 is 5.43 Å². The summed E-state index contributed by atoms with van der Waals surface area (Å²) in [5, 5.41) is 12.8. The normalized spacial score (nSPS) is 10.5. The summed E-state index contributed by atoms with van der Waals surface area (Å²) in [6.07, 6.45) is 1.70. The molecule has 5 nitrogen and oxygen atoms in total. The van der Waals surface area contributed by atoms with Crippen molar-refractivity contribution in [3.63, 3.8) is 0 Å². The second-order valence-electron chi connectivity index (χ2n) is 4.17. The third-order valence-corrected chi connectivity index (χ3v) is 2.87. The maximum absolute atomic E-state index is 9.00. The van der Waals surface area contributed by atoms with Gasteiger partial charge in [0.2, 0.25) is 0 Å². The average Bonchev–Trinajstić information content (AvgIpc) is 2.45. The number of nitrogens with one attached hydrogen (secondary N) is 1. The van der Waals surface area contributed by atoms with E-state index in [2.05, 4.69) is 15.5 Å². The molecule has 2 aromatic rings. The number of carboxylic acid groups (broad SMARTS) is 1. The van der Waals surface area contributed by atoms with Crippen molar-refractivity contribution in [2.45, 2.75) is 13.8 Å². The molecule has 0 fully saturated rings. The Hall–Kier alpha value is -2.11. The molecule has 0 aliphatic rings. The van der Waals surface area contributed by atoms with Crippen LogP contribution in [0.1, 0.15) is 19.4 Å². The number of aromatic nitrogens is 1. The molecule has 0 unspecified atom stereocenters. The molecular weight excluding hydrogens is 325 g/mol. The van der Waals surface area contributed by atoms with Gasteiger partial charge in [-0.3, -0.25) is 10.2 Å². The SMILES string of the molecule is CC(=NNc1ccccn1)c1ccc(Cl)cc1Cl.CC(=O)O. The van der Waals surface area contributed by atoms with Gasteiger partial charge in [-0.05, 0) is 31.2 Å². The fraction of sp³-hybridized carbons (Fsp3) is 0.133. The summed E-state index contributed by atoms with van der Waals surface area (Å²) >= 11 is 11.9. The Kier molecular flexibility index (Phi) is 7.36. The first kappa shape index (κ1) is 17.9. The topological polar surface area (TPSA) is 74.6 Å². The number of carbonyl (C=O) groups is 1. The van der Waals surface area contributed by atoms with E-state index in [-0.39, 0.29) is 0 Å². The highest BCUT2D eigenvalue weighted by atomic mass is 35.5. The minimum Gasteiger partial charge on any atom is -0.481 e. The van der Waals surface area contributed by atoms with Gasteiger partial charge in [0.05, 0.1) is 10.7 Å². The minimum absolute atomic E-state index is 0.576. The van der Waals surface area contributed by atoms with Crippen molar-refractivity contribution in [2.24, 2.45) is 5.10 Å². The molecule has 1 aromatic carbocycles. The van der Waals surface area contributed by atoms with Crippen LogP contribution in [0.15, 0.2) is 47.7 Å². The molecule has 0 saturated carbocycles. The van der Waals surface area contributed by atoms with Gasteiger partial charge in [0, 0.05) is 23.7 Å². The Morgan fingerprint density at radius 1 is 1.23 bits per heavy atom. The number of aliphatic carboxylic acids is 1. The van der Waals surface area contributed by atoms with Gasteiger partial charge in [-0.25, -0.2) is 4.98 Å². The Bertz CT molecular complexity index is 657. The quantitative estimate of drug-likeness (QED) is 0.645. The van der Waals surface area contributed by atoms with Gasteiger partial charge in [0.15, 0.2) is 0 Å². The van der Waals surface area contributed by atoms with Gasteiger partial charge in [0.1, 0.15) is 5.82 Å². The standard InChI is InChI=1S/C13H11Cl2N3.C2H4O2/c1-9(11-6-5-10(14)8-12(11)15)17-18-13-4-2-3-7-16-13;1-2(3)4/h2-8H,1H3,(H,16,18);1H3,(H,3,4). The Morgan fingerprint density at radius 2 is 1.91 bits per heavy atom. The summed E-state index contributed by atoms with van der Waals surface area (Å²) in [6, 6.07) is 10.9. The number of carboxylic acids is 1. The van der Waals surface area contributed by atoms with E-state index < -0.39 is 5.97 Å². The monoisotopic (exact) mass is 339 g/mol. The first-order valence-electron chi connectivity index (χ1n) is 6.26. The van der Waals surface area contributed by atoms with Crippen molar-refractivity contribution in [3.8, 4) is 0 Å². The summed E-state index contributed by atoms with van der Waals surface area (Å²) in [4.78, 5) is 13.1. The summed E-state index contributed by atoms with van der Waals surface area (Å²) in [7, 11) is 0. The lowest BCUT2D eigenvalue weighted by atomic mass is 10.1. The van der Waals surface area contributed by atoms with E-state index in [1.54, 1.807) is 18.3 Å². The minimum atomic E-state index is -0.833. The van der Waals surface area contributed by atoms with Crippen molar-refractivity contribution in [1.82, 2.24) is 4.98 Å². The summed E-state index contributed by atoms with van der Waals surface area (Å²) < 4.78 is 0. The van der Waals surface area contributed by atoms with E-state index in [0.717, 1.165) is 18.2 Å². The highest BCUT2D eigenvalue weighted by Gasteiger charge is 2.04. The summed E-state index contributed by atoms with van der Waals surface area (Å²) in [5.74, 6) is -0.151. The van der Waals surface area contributed by atoms with Crippen molar-refractivity contribution in [3.05, 3.63) is 58.2 Å². The zero-order chi connectivity index (χ0) is 16.5. The van der Waals surface area contributed by atoms with Crippen LogP contribution in [0.5, 0.6) is 0 Å². The number of anilines is 1. The van der Waals surface area contributed by atoms with Crippen LogP contribution in [0.4, 0.5) is 5.82 Å². The zero-order valence-corrected chi connectivity index (χ0v) is 13.6. The Balaban J connectivity index is 0.000000541. The second kappa shape index (κ2) is 9.02. The highest BCUT2D eigenvalue weighted by Crippen LogP contribution is 2.21. The number of benzene rings is 1. The van der Waals surface area contributed by atoms with E-state index in [9.17, 15) is 0 Å². The molecule has 116 valence electrons. The first-order valence-corrected chi connectivity index (χ1v) is 7.02. The summed E-state index contributed by atoms with van der Waals surface area (Å²) in [6.45, 7) is 2.95. The maximum Gasteiger partial charge on any atom is 0.300 e. The lowest BCUT2D eigenvalue weighted by Crippen LogP contribution is -2.01. The number of halogens is 2. The van der Waals surface area contributed by atoms with E-state index in [1.807, 2.05) is 31.2 Å². The average molecular weight is 340 g/mol. The number of pyridine rings is 1. The molecule has 0 spiro atoms. The first-order chi connectivity index (χ1) is 10.4. The fourth-order valence-corrected chi connectivity index (χ4v) is 1.96. The van der Waals surface area contributed by atoms with Crippen molar-refractivity contribution < 1.29 is 9.90 Å². The van der Waals surface area contributed by atoms with Crippen LogP contribution >= 0.6 is 23.2 Å². The van der Waals surface area contributed by atoms with E-state index >= 15 is 0 Å². The molecule has 7 heteroatoms. The van der Waals surface area contributed by atoms with Gasteiger partial charge in [-0.1, -0.05) is 35.3 Å². The molecule has 1 aromatic heterocycles. The zero-order valence-electron chi connectivity index (χ0n) is 12.0. The molecule has 0 amide bonds.